The number of rotatable bonds is 1. The van der Waals surface area contributed by atoms with Gasteiger partial charge >= 0.3 is 0 Å². The number of phenols is 2. The Labute approximate surface area is 133 Å². The molecule has 0 amide bonds. The standard InChI is InChI=1S/C15H11BrN2O4/c1-18-13-5(16)4-8(20)11-12(13)15(22)10-7(19)3-2-6(17)9(10)14(11)21/h2-4,18-20H,17H2,1H3. The topological polar surface area (TPSA) is 113 Å². The van der Waals surface area contributed by atoms with Crippen LogP contribution in [0.2, 0.25) is 0 Å². The Morgan fingerprint density at radius 2 is 1.59 bits per heavy atom. The third kappa shape index (κ3) is 1.72. The fraction of sp³-hybridized carbons (Fsp3) is 0.0667. The predicted octanol–water partition coefficient (Wildman–Crippen LogP) is 2.26. The second-order valence-electron chi connectivity index (χ2n) is 4.83. The Kier molecular flexibility index (Phi) is 3.10. The van der Waals surface area contributed by atoms with Crippen LogP contribution in [0.25, 0.3) is 0 Å². The molecule has 6 nitrogen and oxygen atoms in total. The smallest absolute Gasteiger partial charge is 0.200 e. The number of hydrogen-bond donors (Lipinski definition) is 4. The average molecular weight is 363 g/mol. The van der Waals surface area contributed by atoms with Crippen molar-refractivity contribution in [1.82, 2.24) is 0 Å². The van der Waals surface area contributed by atoms with E-state index in [2.05, 4.69) is 21.2 Å². The third-order valence-electron chi connectivity index (χ3n) is 3.63. The molecular weight excluding hydrogens is 352 g/mol. The zero-order valence-electron chi connectivity index (χ0n) is 11.4. The van der Waals surface area contributed by atoms with Crippen LogP contribution in [0.3, 0.4) is 0 Å². The molecule has 1 aliphatic carbocycles. The highest BCUT2D eigenvalue weighted by Gasteiger charge is 2.38. The molecular formula is C15H11BrN2O4. The molecule has 22 heavy (non-hydrogen) atoms. The highest BCUT2D eigenvalue weighted by atomic mass is 79.9. The second-order valence-corrected chi connectivity index (χ2v) is 5.69. The molecule has 0 spiro atoms. The Bertz CT molecular complexity index is 861. The Balaban J connectivity index is 2.47. The summed E-state index contributed by atoms with van der Waals surface area (Å²) in [6.07, 6.45) is 0. The van der Waals surface area contributed by atoms with Crippen LogP contribution in [0.5, 0.6) is 11.5 Å². The van der Waals surface area contributed by atoms with Gasteiger partial charge in [-0.05, 0) is 34.1 Å². The van der Waals surface area contributed by atoms with Gasteiger partial charge in [-0.25, -0.2) is 0 Å². The Morgan fingerprint density at radius 3 is 2.23 bits per heavy atom. The van der Waals surface area contributed by atoms with E-state index in [1.54, 1.807) is 7.05 Å². The molecule has 0 bridgehead atoms. The molecule has 0 saturated carbocycles. The van der Waals surface area contributed by atoms with Gasteiger partial charge in [-0.1, -0.05) is 0 Å². The molecule has 112 valence electrons. The van der Waals surface area contributed by atoms with Crippen LogP contribution in [0.4, 0.5) is 11.4 Å². The van der Waals surface area contributed by atoms with E-state index < -0.39 is 11.6 Å². The van der Waals surface area contributed by atoms with Crippen molar-refractivity contribution >= 4 is 38.9 Å². The molecule has 2 aromatic rings. The van der Waals surface area contributed by atoms with E-state index in [9.17, 15) is 19.8 Å². The predicted molar refractivity (Wildman–Crippen MR) is 84.7 cm³/mol. The van der Waals surface area contributed by atoms with Crippen molar-refractivity contribution in [2.45, 2.75) is 0 Å². The lowest BCUT2D eigenvalue weighted by Gasteiger charge is -2.23. The molecule has 0 atom stereocenters. The number of aromatic hydroxyl groups is 2. The number of hydrogen-bond acceptors (Lipinski definition) is 6. The lowest BCUT2D eigenvalue weighted by atomic mass is 9.81. The van der Waals surface area contributed by atoms with Gasteiger partial charge in [0.05, 0.1) is 27.9 Å². The van der Waals surface area contributed by atoms with Gasteiger partial charge in [0.1, 0.15) is 11.5 Å². The maximum absolute atomic E-state index is 12.8. The molecule has 0 aromatic heterocycles. The fourth-order valence-corrected chi connectivity index (χ4v) is 3.28. The first-order valence-corrected chi connectivity index (χ1v) is 7.11. The van der Waals surface area contributed by atoms with E-state index in [4.69, 9.17) is 5.73 Å². The molecule has 2 aromatic carbocycles. The summed E-state index contributed by atoms with van der Waals surface area (Å²) in [5.41, 5.74) is 5.87. The van der Waals surface area contributed by atoms with Crippen LogP contribution in [0.1, 0.15) is 31.8 Å². The van der Waals surface area contributed by atoms with Gasteiger partial charge in [-0.2, -0.15) is 0 Å². The van der Waals surface area contributed by atoms with Crippen molar-refractivity contribution in [1.29, 1.82) is 0 Å². The van der Waals surface area contributed by atoms with Gasteiger partial charge in [0.15, 0.2) is 0 Å². The molecule has 0 unspecified atom stereocenters. The maximum atomic E-state index is 12.8. The van der Waals surface area contributed by atoms with Crippen molar-refractivity contribution in [3.63, 3.8) is 0 Å². The molecule has 0 radical (unpaired) electrons. The number of nitrogen functional groups attached to an aromatic ring is 1. The number of ketones is 2. The van der Waals surface area contributed by atoms with Gasteiger partial charge in [0.25, 0.3) is 0 Å². The molecule has 3 rings (SSSR count). The number of anilines is 2. The number of phenolic OH excluding ortho intramolecular Hbond substituents is 2. The number of nitrogens with two attached hydrogens (primary N) is 1. The molecule has 7 heteroatoms. The van der Waals surface area contributed by atoms with Crippen molar-refractivity contribution in [3.8, 4) is 11.5 Å². The summed E-state index contributed by atoms with van der Waals surface area (Å²) >= 11 is 3.23. The van der Waals surface area contributed by atoms with Gasteiger partial charge in [-0.3, -0.25) is 9.59 Å². The summed E-state index contributed by atoms with van der Waals surface area (Å²) in [5, 5.41) is 22.9. The average Bonchev–Trinajstić information content (AvgIpc) is 2.46. The fourth-order valence-electron chi connectivity index (χ4n) is 2.67. The first-order chi connectivity index (χ1) is 10.4. The number of halogens is 1. The van der Waals surface area contributed by atoms with Crippen LogP contribution in [0.15, 0.2) is 22.7 Å². The maximum Gasteiger partial charge on any atom is 0.200 e. The number of carbonyl (C=O) groups is 2. The lowest BCUT2D eigenvalue weighted by molar-refractivity contribution is 0.0975. The number of carbonyl (C=O) groups excluding carboxylic acids is 2. The van der Waals surface area contributed by atoms with E-state index in [0.29, 0.717) is 10.2 Å². The zero-order valence-corrected chi connectivity index (χ0v) is 13.0. The minimum absolute atomic E-state index is 0.00720. The minimum Gasteiger partial charge on any atom is -0.507 e. The highest BCUT2D eigenvalue weighted by Crippen LogP contribution is 2.44. The van der Waals surface area contributed by atoms with Crippen LogP contribution in [0, 0.1) is 0 Å². The van der Waals surface area contributed by atoms with E-state index in [1.807, 2.05) is 0 Å². The second kappa shape index (κ2) is 4.74. The van der Waals surface area contributed by atoms with Gasteiger partial charge in [-0.15, -0.1) is 0 Å². The summed E-state index contributed by atoms with van der Waals surface area (Å²) in [6, 6.07) is 3.94. The summed E-state index contributed by atoms with van der Waals surface area (Å²) in [5.74, 6) is -1.82. The van der Waals surface area contributed by atoms with Gasteiger partial charge in [0.2, 0.25) is 11.6 Å². The van der Waals surface area contributed by atoms with Crippen LogP contribution >= 0.6 is 15.9 Å². The first kappa shape index (κ1) is 14.4. The highest BCUT2D eigenvalue weighted by molar-refractivity contribution is 9.10. The van der Waals surface area contributed by atoms with Crippen molar-refractivity contribution in [2.75, 3.05) is 18.1 Å². The van der Waals surface area contributed by atoms with E-state index in [-0.39, 0.29) is 39.4 Å². The van der Waals surface area contributed by atoms with E-state index >= 15 is 0 Å². The molecule has 1 aliphatic rings. The Morgan fingerprint density at radius 1 is 1.00 bits per heavy atom. The van der Waals surface area contributed by atoms with Crippen LogP contribution in [-0.2, 0) is 0 Å². The summed E-state index contributed by atoms with van der Waals surface area (Å²) in [6.45, 7) is 0. The van der Waals surface area contributed by atoms with Gasteiger partial charge < -0.3 is 21.3 Å². The monoisotopic (exact) mass is 362 g/mol. The largest absolute Gasteiger partial charge is 0.507 e. The van der Waals surface area contributed by atoms with Crippen LogP contribution < -0.4 is 11.1 Å². The molecule has 0 heterocycles. The minimum atomic E-state index is -0.598. The summed E-state index contributed by atoms with van der Waals surface area (Å²) in [7, 11) is 1.59. The third-order valence-corrected chi connectivity index (χ3v) is 4.26. The summed E-state index contributed by atoms with van der Waals surface area (Å²) in [4.78, 5) is 25.5. The Hall–Kier alpha value is -2.54. The van der Waals surface area contributed by atoms with Crippen LogP contribution in [-0.4, -0.2) is 28.8 Å². The number of nitrogens with one attached hydrogen (secondary N) is 1. The zero-order chi connectivity index (χ0) is 16.2. The lowest BCUT2D eigenvalue weighted by Crippen LogP contribution is -2.24. The van der Waals surface area contributed by atoms with Gasteiger partial charge in [0, 0.05) is 17.2 Å². The SMILES string of the molecule is CNc1c(Br)cc(O)c2c1C(=O)c1c(O)ccc(N)c1C2=O. The van der Waals surface area contributed by atoms with E-state index in [0.717, 1.165) is 0 Å². The molecule has 0 saturated heterocycles. The number of fused-ring (bicyclic) bond motifs is 2. The normalized spacial score (nSPS) is 12.8. The molecule has 0 fully saturated rings. The van der Waals surface area contributed by atoms with Crippen molar-refractivity contribution in [2.24, 2.45) is 0 Å². The van der Waals surface area contributed by atoms with E-state index in [1.165, 1.54) is 18.2 Å². The van der Waals surface area contributed by atoms with Crippen molar-refractivity contribution in [3.05, 3.63) is 44.9 Å². The quantitative estimate of drug-likeness (QED) is 0.390. The number of benzene rings is 2. The molecule has 5 N–H and O–H groups in total. The van der Waals surface area contributed by atoms with Crippen molar-refractivity contribution < 1.29 is 19.8 Å². The summed E-state index contributed by atoms with van der Waals surface area (Å²) < 4.78 is 0.430. The first-order valence-electron chi connectivity index (χ1n) is 6.32. The molecule has 0 aliphatic heterocycles.